The zero-order valence-electron chi connectivity index (χ0n) is 10.8. The zero-order chi connectivity index (χ0) is 12.7. The van der Waals surface area contributed by atoms with Crippen molar-refractivity contribution in [2.45, 2.75) is 39.5 Å². The molecular formula is C15H23FO. The lowest BCUT2D eigenvalue weighted by atomic mass is 9.93. The van der Waals surface area contributed by atoms with E-state index in [1.54, 1.807) is 12.1 Å². The second-order valence-corrected chi connectivity index (χ2v) is 5.21. The third kappa shape index (κ3) is 5.83. The van der Waals surface area contributed by atoms with E-state index >= 15 is 0 Å². The first-order chi connectivity index (χ1) is 8.11. The molecule has 0 saturated heterocycles. The summed E-state index contributed by atoms with van der Waals surface area (Å²) in [5.74, 6) is 0.778. The van der Waals surface area contributed by atoms with Gasteiger partial charge in [-0.3, -0.25) is 0 Å². The lowest BCUT2D eigenvalue weighted by Crippen LogP contribution is -2.10. The van der Waals surface area contributed by atoms with E-state index in [1.807, 2.05) is 6.07 Å². The molecule has 17 heavy (non-hydrogen) atoms. The average molecular weight is 238 g/mol. The number of benzene rings is 1. The molecule has 2 heteroatoms. The number of hydrogen-bond acceptors (Lipinski definition) is 1. The van der Waals surface area contributed by atoms with Crippen LogP contribution in [0.2, 0.25) is 0 Å². The highest BCUT2D eigenvalue weighted by Crippen LogP contribution is 2.17. The smallest absolute Gasteiger partial charge is 0.123 e. The number of aliphatic hydroxyl groups is 1. The summed E-state index contributed by atoms with van der Waals surface area (Å²) >= 11 is 0. The third-order valence-electron chi connectivity index (χ3n) is 3.07. The van der Waals surface area contributed by atoms with Gasteiger partial charge in [-0.2, -0.15) is 0 Å². The van der Waals surface area contributed by atoms with Gasteiger partial charge in [-0.1, -0.05) is 38.8 Å². The summed E-state index contributed by atoms with van der Waals surface area (Å²) < 4.78 is 13.0. The van der Waals surface area contributed by atoms with Crippen molar-refractivity contribution in [3.63, 3.8) is 0 Å². The Hall–Kier alpha value is -0.890. The summed E-state index contributed by atoms with van der Waals surface area (Å²) in [7, 11) is 0. The molecule has 0 heterocycles. The van der Waals surface area contributed by atoms with E-state index in [9.17, 15) is 9.50 Å². The van der Waals surface area contributed by atoms with Gasteiger partial charge in [0.1, 0.15) is 5.82 Å². The second-order valence-electron chi connectivity index (χ2n) is 5.21. The maximum atomic E-state index is 13.0. The van der Waals surface area contributed by atoms with Crippen molar-refractivity contribution in [1.82, 2.24) is 0 Å². The van der Waals surface area contributed by atoms with Gasteiger partial charge in [0.05, 0.1) is 0 Å². The van der Waals surface area contributed by atoms with Crippen molar-refractivity contribution in [2.75, 3.05) is 6.61 Å². The quantitative estimate of drug-likeness (QED) is 0.766. The first-order valence-corrected chi connectivity index (χ1v) is 6.47. The molecule has 0 radical (unpaired) electrons. The van der Waals surface area contributed by atoms with Crippen LogP contribution in [0.25, 0.3) is 0 Å². The Balaban J connectivity index is 2.41. The maximum absolute atomic E-state index is 13.0. The first kappa shape index (κ1) is 14.2. The highest BCUT2D eigenvalue weighted by atomic mass is 19.1. The lowest BCUT2D eigenvalue weighted by Gasteiger charge is -2.14. The topological polar surface area (TPSA) is 20.2 Å². The molecule has 1 aromatic rings. The normalized spacial score (nSPS) is 13.0. The molecule has 0 bridgehead atoms. The molecule has 0 aliphatic carbocycles. The first-order valence-electron chi connectivity index (χ1n) is 6.47. The standard InChI is InChI=1S/C15H23FO/c1-12(2)5-3-7-14(11-17)9-13-6-4-8-15(16)10-13/h4,6,8,10,12,14,17H,3,5,7,9,11H2,1-2H3. The van der Waals surface area contributed by atoms with E-state index < -0.39 is 0 Å². The largest absolute Gasteiger partial charge is 0.396 e. The molecule has 0 amide bonds. The van der Waals surface area contributed by atoms with Crippen LogP contribution >= 0.6 is 0 Å². The van der Waals surface area contributed by atoms with Crippen molar-refractivity contribution in [1.29, 1.82) is 0 Å². The fourth-order valence-corrected chi connectivity index (χ4v) is 2.07. The Bertz CT molecular complexity index is 322. The van der Waals surface area contributed by atoms with Crippen molar-refractivity contribution >= 4 is 0 Å². The van der Waals surface area contributed by atoms with Crippen molar-refractivity contribution in [2.24, 2.45) is 11.8 Å². The maximum Gasteiger partial charge on any atom is 0.123 e. The van der Waals surface area contributed by atoms with Gasteiger partial charge in [-0.25, -0.2) is 4.39 Å². The Morgan fingerprint density at radius 2 is 2.00 bits per heavy atom. The summed E-state index contributed by atoms with van der Waals surface area (Å²) in [6.07, 6.45) is 4.12. The molecule has 96 valence electrons. The van der Waals surface area contributed by atoms with E-state index in [4.69, 9.17) is 0 Å². The molecule has 1 N–H and O–H groups in total. The van der Waals surface area contributed by atoms with Crippen LogP contribution in [0.3, 0.4) is 0 Å². The van der Waals surface area contributed by atoms with E-state index in [2.05, 4.69) is 13.8 Å². The molecule has 1 atom stereocenters. The van der Waals surface area contributed by atoms with Gasteiger partial charge in [0.25, 0.3) is 0 Å². The summed E-state index contributed by atoms with van der Waals surface area (Å²) in [5.41, 5.74) is 0.980. The molecular weight excluding hydrogens is 215 g/mol. The van der Waals surface area contributed by atoms with Crippen LogP contribution < -0.4 is 0 Å². The SMILES string of the molecule is CC(C)CCCC(CO)Cc1cccc(F)c1. The number of hydrogen-bond donors (Lipinski definition) is 1. The van der Waals surface area contributed by atoms with Gasteiger partial charge in [0.2, 0.25) is 0 Å². The minimum absolute atomic E-state index is 0.189. The van der Waals surface area contributed by atoms with Crippen LogP contribution in [0.5, 0.6) is 0 Å². The molecule has 1 unspecified atom stereocenters. The van der Waals surface area contributed by atoms with Crippen LogP contribution in [0.15, 0.2) is 24.3 Å². The molecule has 0 aromatic heterocycles. The predicted octanol–water partition coefficient (Wildman–Crippen LogP) is 3.80. The lowest BCUT2D eigenvalue weighted by molar-refractivity contribution is 0.213. The van der Waals surface area contributed by atoms with Crippen LogP contribution in [-0.2, 0) is 6.42 Å². The van der Waals surface area contributed by atoms with Gasteiger partial charge in [0.15, 0.2) is 0 Å². The minimum atomic E-state index is -0.193. The average Bonchev–Trinajstić information content (AvgIpc) is 2.27. The van der Waals surface area contributed by atoms with Crippen LogP contribution in [-0.4, -0.2) is 11.7 Å². The van der Waals surface area contributed by atoms with Gasteiger partial charge < -0.3 is 5.11 Å². The molecule has 0 aliphatic rings. The van der Waals surface area contributed by atoms with Gasteiger partial charge >= 0.3 is 0 Å². The molecule has 0 saturated carbocycles. The number of rotatable bonds is 7. The van der Waals surface area contributed by atoms with Crippen molar-refractivity contribution < 1.29 is 9.50 Å². The van der Waals surface area contributed by atoms with Gasteiger partial charge in [-0.15, -0.1) is 0 Å². The minimum Gasteiger partial charge on any atom is -0.396 e. The second kappa shape index (κ2) is 7.44. The molecule has 0 aliphatic heterocycles. The molecule has 0 spiro atoms. The van der Waals surface area contributed by atoms with E-state index in [-0.39, 0.29) is 18.3 Å². The van der Waals surface area contributed by atoms with Gasteiger partial charge in [0, 0.05) is 6.61 Å². The van der Waals surface area contributed by atoms with Crippen LogP contribution in [0, 0.1) is 17.7 Å². The van der Waals surface area contributed by atoms with Crippen LogP contribution in [0.1, 0.15) is 38.7 Å². The van der Waals surface area contributed by atoms with E-state index in [1.165, 1.54) is 12.5 Å². The summed E-state index contributed by atoms with van der Waals surface area (Å²) in [6.45, 7) is 4.61. The zero-order valence-corrected chi connectivity index (χ0v) is 10.8. The Morgan fingerprint density at radius 3 is 2.59 bits per heavy atom. The third-order valence-corrected chi connectivity index (χ3v) is 3.07. The summed E-state index contributed by atoms with van der Waals surface area (Å²) in [4.78, 5) is 0. The molecule has 1 aromatic carbocycles. The van der Waals surface area contributed by atoms with E-state index in [0.29, 0.717) is 5.92 Å². The van der Waals surface area contributed by atoms with Crippen molar-refractivity contribution in [3.8, 4) is 0 Å². The predicted molar refractivity (Wildman–Crippen MR) is 69.4 cm³/mol. The summed E-state index contributed by atoms with van der Waals surface area (Å²) in [6, 6.07) is 6.67. The highest BCUT2D eigenvalue weighted by Gasteiger charge is 2.09. The molecule has 1 nitrogen and oxygen atoms in total. The Labute approximate surface area is 104 Å². The van der Waals surface area contributed by atoms with Crippen molar-refractivity contribution in [3.05, 3.63) is 35.6 Å². The van der Waals surface area contributed by atoms with Gasteiger partial charge in [-0.05, 0) is 42.4 Å². The number of aliphatic hydroxyl groups excluding tert-OH is 1. The Morgan fingerprint density at radius 1 is 1.24 bits per heavy atom. The van der Waals surface area contributed by atoms with E-state index in [0.717, 1.165) is 24.8 Å². The van der Waals surface area contributed by atoms with Crippen LogP contribution in [0.4, 0.5) is 4.39 Å². The Kier molecular flexibility index (Phi) is 6.20. The summed E-state index contributed by atoms with van der Waals surface area (Å²) in [5, 5.41) is 9.33. The highest BCUT2D eigenvalue weighted by molar-refractivity contribution is 5.16. The monoisotopic (exact) mass is 238 g/mol. The fraction of sp³-hybridized carbons (Fsp3) is 0.600. The molecule has 1 rings (SSSR count). The molecule has 0 fully saturated rings. The fourth-order valence-electron chi connectivity index (χ4n) is 2.07. The number of halogens is 1.